The number of carbonyl (C=O) groups is 2. The third-order valence-electron chi connectivity index (χ3n) is 6.99. The van der Waals surface area contributed by atoms with Gasteiger partial charge in [-0.15, -0.1) is 11.3 Å². The van der Waals surface area contributed by atoms with Crippen LogP contribution in [0.1, 0.15) is 67.5 Å². The summed E-state index contributed by atoms with van der Waals surface area (Å²) in [5.41, 5.74) is 5.60. The Hall–Kier alpha value is -1.44. The summed E-state index contributed by atoms with van der Waals surface area (Å²) in [6.45, 7) is 2.69. The largest absolute Gasteiger partial charge is 0.353 e. The molecule has 0 radical (unpaired) electrons. The van der Waals surface area contributed by atoms with Crippen LogP contribution in [0.25, 0.3) is 0 Å². The van der Waals surface area contributed by atoms with Crippen LogP contribution in [0.15, 0.2) is 17.5 Å². The average molecular weight is 433 g/mol. The molecule has 1 saturated heterocycles. The van der Waals surface area contributed by atoms with E-state index >= 15 is 0 Å². The van der Waals surface area contributed by atoms with Gasteiger partial charge in [0.05, 0.1) is 4.88 Å². The molecule has 3 aliphatic rings. The first-order valence-corrected chi connectivity index (χ1v) is 12.6. The second kappa shape index (κ2) is 10.2. The van der Waals surface area contributed by atoms with Gasteiger partial charge in [-0.25, -0.2) is 0 Å². The first-order valence-electron chi connectivity index (χ1n) is 11.8. The molecule has 7 heteroatoms. The van der Waals surface area contributed by atoms with Crippen LogP contribution < -0.4 is 11.1 Å². The lowest BCUT2D eigenvalue weighted by Gasteiger charge is -2.44. The van der Waals surface area contributed by atoms with Crippen molar-refractivity contribution in [3.05, 3.63) is 22.4 Å². The Morgan fingerprint density at radius 2 is 1.93 bits per heavy atom. The van der Waals surface area contributed by atoms with Crippen LogP contribution in [-0.4, -0.2) is 65.9 Å². The first-order chi connectivity index (χ1) is 14.7. The molecule has 2 atom stereocenters. The molecule has 166 valence electrons. The average Bonchev–Trinajstić information content (AvgIpc) is 3.48. The lowest BCUT2D eigenvalue weighted by Crippen LogP contribution is -2.58. The number of piperidine rings is 1. The van der Waals surface area contributed by atoms with Gasteiger partial charge in [0.15, 0.2) is 0 Å². The van der Waals surface area contributed by atoms with E-state index in [9.17, 15) is 9.59 Å². The summed E-state index contributed by atoms with van der Waals surface area (Å²) in [6.07, 6.45) is 11.1. The van der Waals surface area contributed by atoms with Crippen molar-refractivity contribution in [2.45, 2.75) is 75.9 Å². The van der Waals surface area contributed by atoms with Crippen molar-refractivity contribution < 1.29 is 9.59 Å². The highest BCUT2D eigenvalue weighted by molar-refractivity contribution is 7.12. The van der Waals surface area contributed by atoms with E-state index in [1.807, 2.05) is 17.5 Å². The highest BCUT2D eigenvalue weighted by atomic mass is 32.1. The van der Waals surface area contributed by atoms with E-state index in [1.54, 1.807) is 4.90 Å². The van der Waals surface area contributed by atoms with E-state index in [-0.39, 0.29) is 11.8 Å². The lowest BCUT2D eigenvalue weighted by molar-refractivity contribution is -0.127. The molecular weight excluding hydrogens is 396 g/mol. The molecule has 2 amide bonds. The van der Waals surface area contributed by atoms with E-state index in [0.717, 1.165) is 18.8 Å². The Kier molecular flexibility index (Phi) is 7.44. The zero-order chi connectivity index (χ0) is 20.9. The maximum Gasteiger partial charge on any atom is 0.264 e. The summed E-state index contributed by atoms with van der Waals surface area (Å²) in [7, 11) is 0. The number of rotatable bonds is 8. The van der Waals surface area contributed by atoms with Crippen molar-refractivity contribution in [3.63, 3.8) is 0 Å². The van der Waals surface area contributed by atoms with Crippen LogP contribution in [0.4, 0.5) is 0 Å². The van der Waals surface area contributed by atoms with Crippen LogP contribution in [0.3, 0.4) is 0 Å². The number of hydrogen-bond acceptors (Lipinski definition) is 5. The zero-order valence-electron chi connectivity index (χ0n) is 17.9. The summed E-state index contributed by atoms with van der Waals surface area (Å²) in [5.74, 6) is 0.736. The van der Waals surface area contributed by atoms with E-state index in [4.69, 9.17) is 5.73 Å². The monoisotopic (exact) mass is 432 g/mol. The van der Waals surface area contributed by atoms with Crippen LogP contribution in [0, 0.1) is 5.92 Å². The van der Waals surface area contributed by atoms with Gasteiger partial charge in [-0.05, 0) is 55.9 Å². The molecule has 0 aromatic carbocycles. The molecule has 4 rings (SSSR count). The molecule has 2 heterocycles. The van der Waals surface area contributed by atoms with Gasteiger partial charge in [-0.1, -0.05) is 25.3 Å². The molecule has 6 nitrogen and oxygen atoms in total. The van der Waals surface area contributed by atoms with Gasteiger partial charge >= 0.3 is 0 Å². The fraction of sp³-hybridized carbons (Fsp3) is 0.739. The maximum atomic E-state index is 13.1. The number of nitrogens with zero attached hydrogens (tertiary/aromatic N) is 2. The minimum Gasteiger partial charge on any atom is -0.353 e. The van der Waals surface area contributed by atoms with Crippen LogP contribution in [0.2, 0.25) is 0 Å². The highest BCUT2D eigenvalue weighted by Crippen LogP contribution is 2.36. The topological polar surface area (TPSA) is 78.7 Å². The Morgan fingerprint density at radius 3 is 2.60 bits per heavy atom. The Balaban J connectivity index is 1.47. The van der Waals surface area contributed by atoms with Gasteiger partial charge in [-0.3, -0.25) is 14.5 Å². The molecule has 3 N–H and O–H groups in total. The van der Waals surface area contributed by atoms with Gasteiger partial charge in [0.1, 0.15) is 6.04 Å². The Labute approximate surface area is 184 Å². The number of nitrogens with one attached hydrogen (secondary N) is 1. The Bertz CT molecular complexity index is 700. The van der Waals surface area contributed by atoms with Crippen molar-refractivity contribution in [1.82, 2.24) is 15.1 Å². The van der Waals surface area contributed by atoms with Gasteiger partial charge < -0.3 is 16.0 Å². The molecule has 1 unspecified atom stereocenters. The fourth-order valence-electron chi connectivity index (χ4n) is 5.26. The molecule has 2 aliphatic carbocycles. The van der Waals surface area contributed by atoms with Gasteiger partial charge in [-0.2, -0.15) is 0 Å². The summed E-state index contributed by atoms with van der Waals surface area (Å²) in [6, 6.07) is 4.42. The van der Waals surface area contributed by atoms with E-state index in [1.165, 1.54) is 62.8 Å². The molecule has 3 fully saturated rings. The third kappa shape index (κ3) is 5.24. The van der Waals surface area contributed by atoms with E-state index in [2.05, 4.69) is 10.2 Å². The molecular formula is C23H36N4O2S. The number of thiophene rings is 1. The number of nitrogens with two attached hydrogens (primary N) is 1. The number of hydrogen-bond donors (Lipinski definition) is 2. The third-order valence-corrected chi connectivity index (χ3v) is 7.85. The lowest BCUT2D eigenvalue weighted by atomic mass is 9.87. The standard InChI is InChI=1S/C23H36N4O2S/c24-11-12-25-22(28)20-15-19(10-13-26(20)23(29)21-7-4-14-30-21)27(18-8-9-18)16-17-5-2-1-3-6-17/h4,7,14,17-20H,1-3,5-6,8-13,15-16,24H2,(H,25,28)/t19?,20-/m1/s1. The molecule has 0 bridgehead atoms. The van der Waals surface area contributed by atoms with Crippen molar-refractivity contribution in [2.75, 3.05) is 26.2 Å². The zero-order valence-corrected chi connectivity index (χ0v) is 18.7. The quantitative estimate of drug-likeness (QED) is 0.662. The second-order valence-electron chi connectivity index (χ2n) is 9.18. The van der Waals surface area contributed by atoms with E-state index < -0.39 is 6.04 Å². The second-order valence-corrected chi connectivity index (χ2v) is 10.1. The van der Waals surface area contributed by atoms with E-state index in [0.29, 0.717) is 36.6 Å². The number of amides is 2. The smallest absolute Gasteiger partial charge is 0.264 e. The molecule has 0 spiro atoms. The SMILES string of the molecule is NCCNC(=O)[C@H]1CC(N(CC2CCCCC2)C2CC2)CCN1C(=O)c1cccs1. The molecule has 30 heavy (non-hydrogen) atoms. The molecule has 1 aromatic heterocycles. The van der Waals surface area contributed by atoms with Crippen LogP contribution in [-0.2, 0) is 4.79 Å². The minimum atomic E-state index is -0.405. The number of carbonyl (C=O) groups excluding carboxylic acids is 2. The van der Waals surface area contributed by atoms with Crippen LogP contribution in [0.5, 0.6) is 0 Å². The summed E-state index contributed by atoms with van der Waals surface area (Å²) in [4.78, 5) is 31.4. The van der Waals surface area contributed by atoms with Gasteiger partial charge in [0.2, 0.25) is 5.91 Å². The predicted octanol–water partition coefficient (Wildman–Crippen LogP) is 2.84. The summed E-state index contributed by atoms with van der Waals surface area (Å²) in [5, 5.41) is 4.86. The van der Waals surface area contributed by atoms with Crippen LogP contribution >= 0.6 is 11.3 Å². The molecule has 1 aromatic rings. The summed E-state index contributed by atoms with van der Waals surface area (Å²) < 4.78 is 0. The highest BCUT2D eigenvalue weighted by Gasteiger charge is 2.42. The normalized spacial score (nSPS) is 25.5. The van der Waals surface area contributed by atoms with Gasteiger partial charge in [0, 0.05) is 38.3 Å². The van der Waals surface area contributed by atoms with Crippen molar-refractivity contribution in [3.8, 4) is 0 Å². The minimum absolute atomic E-state index is 0.0124. The predicted molar refractivity (Wildman–Crippen MR) is 121 cm³/mol. The molecule has 2 saturated carbocycles. The van der Waals surface area contributed by atoms with Crippen molar-refractivity contribution in [2.24, 2.45) is 11.7 Å². The summed E-state index contributed by atoms with van der Waals surface area (Å²) >= 11 is 1.45. The first kappa shape index (κ1) is 21.8. The molecule has 1 aliphatic heterocycles. The van der Waals surface area contributed by atoms with Crippen molar-refractivity contribution in [1.29, 1.82) is 0 Å². The van der Waals surface area contributed by atoms with Gasteiger partial charge in [0.25, 0.3) is 5.91 Å². The Morgan fingerprint density at radius 1 is 1.13 bits per heavy atom. The number of likely N-dealkylation sites (tertiary alicyclic amines) is 1. The fourth-order valence-corrected chi connectivity index (χ4v) is 5.94. The van der Waals surface area contributed by atoms with Crippen molar-refractivity contribution >= 4 is 23.2 Å². The maximum absolute atomic E-state index is 13.1.